The summed E-state index contributed by atoms with van der Waals surface area (Å²) in [5.74, 6) is 0.794. The Morgan fingerprint density at radius 1 is 1.15 bits per heavy atom. The van der Waals surface area contributed by atoms with E-state index in [4.69, 9.17) is 14.2 Å². The number of anilines is 3. The molecule has 0 bridgehead atoms. The SMILES string of the molecule is COC(=O)c1sccc1Nc1c(NCc2ccc3c(c2)OCO3)c(=O)c1=O. The molecule has 0 radical (unpaired) electrons. The number of hydrogen-bond donors (Lipinski definition) is 2. The van der Waals surface area contributed by atoms with Crippen LogP contribution in [0.2, 0.25) is 0 Å². The number of rotatable bonds is 6. The standard InChI is InChI=1S/C18H14N2O6S/c1-24-18(23)17-10(4-5-27-17)20-14-13(15(21)16(14)22)19-7-9-2-3-11-12(6-9)26-8-25-11/h2-6,19-20H,7-8H2,1H3. The lowest BCUT2D eigenvalue weighted by Crippen LogP contribution is -2.36. The molecule has 4 rings (SSSR count). The van der Waals surface area contributed by atoms with Crippen LogP contribution >= 0.6 is 11.3 Å². The molecule has 138 valence electrons. The summed E-state index contributed by atoms with van der Waals surface area (Å²) in [6.07, 6.45) is 0. The van der Waals surface area contributed by atoms with E-state index in [1.165, 1.54) is 18.4 Å². The molecule has 9 heteroatoms. The van der Waals surface area contributed by atoms with E-state index in [-0.39, 0.29) is 18.2 Å². The molecule has 0 fully saturated rings. The van der Waals surface area contributed by atoms with Crippen molar-refractivity contribution in [1.29, 1.82) is 0 Å². The quantitative estimate of drug-likeness (QED) is 0.491. The van der Waals surface area contributed by atoms with E-state index in [9.17, 15) is 14.4 Å². The average molecular weight is 386 g/mol. The lowest BCUT2D eigenvalue weighted by molar-refractivity contribution is 0.0607. The lowest BCUT2D eigenvalue weighted by Gasteiger charge is -2.15. The fourth-order valence-electron chi connectivity index (χ4n) is 2.71. The van der Waals surface area contributed by atoms with Gasteiger partial charge in [0.25, 0.3) is 10.9 Å². The maximum Gasteiger partial charge on any atom is 0.350 e. The molecule has 1 aromatic heterocycles. The van der Waals surface area contributed by atoms with Crippen LogP contribution in [-0.2, 0) is 11.3 Å². The van der Waals surface area contributed by atoms with Crippen molar-refractivity contribution in [3.8, 4) is 11.5 Å². The van der Waals surface area contributed by atoms with E-state index in [0.29, 0.717) is 28.6 Å². The Kier molecular flexibility index (Phi) is 4.28. The zero-order valence-electron chi connectivity index (χ0n) is 14.2. The third-order valence-electron chi connectivity index (χ3n) is 4.11. The predicted molar refractivity (Wildman–Crippen MR) is 100 cm³/mol. The summed E-state index contributed by atoms with van der Waals surface area (Å²) in [6, 6.07) is 7.08. The Labute approximate surface area is 157 Å². The molecule has 2 aromatic carbocycles. The lowest BCUT2D eigenvalue weighted by atomic mass is 10.1. The van der Waals surface area contributed by atoms with Crippen LogP contribution in [-0.4, -0.2) is 19.9 Å². The highest BCUT2D eigenvalue weighted by molar-refractivity contribution is 7.12. The smallest absolute Gasteiger partial charge is 0.350 e. The highest BCUT2D eigenvalue weighted by Crippen LogP contribution is 2.33. The Hall–Kier alpha value is -3.33. The molecular weight excluding hydrogens is 372 g/mol. The summed E-state index contributed by atoms with van der Waals surface area (Å²) in [5.41, 5.74) is 0.358. The van der Waals surface area contributed by atoms with Crippen molar-refractivity contribution in [3.05, 3.63) is 60.5 Å². The summed E-state index contributed by atoms with van der Waals surface area (Å²) < 4.78 is 15.3. The zero-order chi connectivity index (χ0) is 19.0. The second kappa shape index (κ2) is 6.76. The average Bonchev–Trinajstić information content (AvgIpc) is 3.34. The molecule has 1 aliphatic heterocycles. The third kappa shape index (κ3) is 3.02. The van der Waals surface area contributed by atoms with Crippen molar-refractivity contribution >= 4 is 34.4 Å². The topological polar surface area (TPSA) is 103 Å². The van der Waals surface area contributed by atoms with Gasteiger partial charge < -0.3 is 24.8 Å². The van der Waals surface area contributed by atoms with Crippen LogP contribution in [0.15, 0.2) is 39.2 Å². The summed E-state index contributed by atoms with van der Waals surface area (Å²) >= 11 is 1.18. The van der Waals surface area contributed by atoms with Crippen molar-refractivity contribution in [2.24, 2.45) is 0 Å². The zero-order valence-corrected chi connectivity index (χ0v) is 15.0. The van der Waals surface area contributed by atoms with Crippen LogP contribution in [0.3, 0.4) is 0 Å². The van der Waals surface area contributed by atoms with Crippen LogP contribution in [0, 0.1) is 0 Å². The molecule has 2 heterocycles. The number of methoxy groups -OCH3 is 1. The molecule has 2 N–H and O–H groups in total. The molecule has 0 saturated heterocycles. The molecule has 0 amide bonds. The number of ether oxygens (including phenoxy) is 3. The minimum Gasteiger partial charge on any atom is -0.465 e. The van der Waals surface area contributed by atoms with Gasteiger partial charge in [0.15, 0.2) is 11.5 Å². The number of carbonyl (C=O) groups excluding carboxylic acids is 1. The number of esters is 1. The van der Waals surface area contributed by atoms with Gasteiger partial charge in [0, 0.05) is 6.54 Å². The van der Waals surface area contributed by atoms with Gasteiger partial charge in [-0.2, -0.15) is 0 Å². The van der Waals surface area contributed by atoms with E-state index >= 15 is 0 Å². The Balaban J connectivity index is 1.51. The Morgan fingerprint density at radius 3 is 2.74 bits per heavy atom. The Morgan fingerprint density at radius 2 is 1.93 bits per heavy atom. The third-order valence-corrected chi connectivity index (χ3v) is 5.01. The first kappa shape index (κ1) is 17.1. The molecule has 3 aromatic rings. The number of fused-ring (bicyclic) bond motifs is 1. The van der Waals surface area contributed by atoms with E-state index in [0.717, 1.165) is 5.56 Å². The first-order valence-corrected chi connectivity index (χ1v) is 8.85. The first-order valence-electron chi connectivity index (χ1n) is 7.97. The summed E-state index contributed by atoms with van der Waals surface area (Å²) in [4.78, 5) is 36.0. The normalized spacial score (nSPS) is 12.2. The van der Waals surface area contributed by atoms with Gasteiger partial charge >= 0.3 is 5.97 Å². The summed E-state index contributed by atoms with van der Waals surface area (Å²) in [5, 5.41) is 7.53. The van der Waals surface area contributed by atoms with E-state index in [2.05, 4.69) is 10.6 Å². The largest absolute Gasteiger partial charge is 0.465 e. The van der Waals surface area contributed by atoms with Gasteiger partial charge in [0.05, 0.1) is 12.8 Å². The molecule has 0 unspecified atom stereocenters. The molecule has 0 saturated carbocycles. The second-order valence-corrected chi connectivity index (χ2v) is 6.65. The van der Waals surface area contributed by atoms with Gasteiger partial charge in [0.1, 0.15) is 16.3 Å². The molecule has 0 spiro atoms. The maximum atomic E-state index is 12.0. The van der Waals surface area contributed by atoms with Gasteiger partial charge in [-0.1, -0.05) is 6.07 Å². The van der Waals surface area contributed by atoms with E-state index < -0.39 is 16.8 Å². The monoisotopic (exact) mass is 386 g/mol. The van der Waals surface area contributed by atoms with Gasteiger partial charge in [-0.3, -0.25) is 9.59 Å². The van der Waals surface area contributed by atoms with Crippen molar-refractivity contribution in [2.45, 2.75) is 6.54 Å². The number of thiophene rings is 1. The molecular formula is C18H14N2O6S. The molecule has 0 atom stereocenters. The van der Waals surface area contributed by atoms with Crippen molar-refractivity contribution in [2.75, 3.05) is 24.5 Å². The molecule has 8 nitrogen and oxygen atoms in total. The summed E-state index contributed by atoms with van der Waals surface area (Å²) in [7, 11) is 1.28. The van der Waals surface area contributed by atoms with Crippen LogP contribution < -0.4 is 31.0 Å². The van der Waals surface area contributed by atoms with Crippen LogP contribution in [0.25, 0.3) is 0 Å². The molecule has 27 heavy (non-hydrogen) atoms. The van der Waals surface area contributed by atoms with Gasteiger partial charge in [0.2, 0.25) is 6.79 Å². The fourth-order valence-corrected chi connectivity index (χ4v) is 3.48. The van der Waals surface area contributed by atoms with Gasteiger partial charge in [-0.15, -0.1) is 11.3 Å². The molecule has 0 aliphatic carbocycles. The van der Waals surface area contributed by atoms with Gasteiger partial charge in [-0.25, -0.2) is 4.79 Å². The first-order chi connectivity index (χ1) is 13.1. The maximum absolute atomic E-state index is 12.0. The van der Waals surface area contributed by atoms with Crippen molar-refractivity contribution < 1.29 is 19.0 Å². The van der Waals surface area contributed by atoms with Crippen molar-refractivity contribution in [3.63, 3.8) is 0 Å². The number of carbonyl (C=O) groups is 1. The fraction of sp³-hybridized carbons (Fsp3) is 0.167. The van der Waals surface area contributed by atoms with E-state index in [1.807, 2.05) is 12.1 Å². The van der Waals surface area contributed by atoms with Gasteiger partial charge in [-0.05, 0) is 29.1 Å². The van der Waals surface area contributed by atoms with Crippen LogP contribution in [0.4, 0.5) is 17.1 Å². The minimum absolute atomic E-state index is 0.129. The number of hydrogen-bond acceptors (Lipinski definition) is 9. The summed E-state index contributed by atoms with van der Waals surface area (Å²) in [6.45, 7) is 0.505. The minimum atomic E-state index is -0.634. The van der Waals surface area contributed by atoms with Crippen molar-refractivity contribution in [1.82, 2.24) is 0 Å². The highest BCUT2D eigenvalue weighted by atomic mass is 32.1. The van der Waals surface area contributed by atoms with Crippen LogP contribution in [0.1, 0.15) is 15.2 Å². The second-order valence-electron chi connectivity index (χ2n) is 5.73. The van der Waals surface area contributed by atoms with E-state index in [1.54, 1.807) is 17.5 Å². The number of benzene rings is 1. The highest BCUT2D eigenvalue weighted by Gasteiger charge is 2.23. The Bertz CT molecular complexity index is 1100. The molecule has 1 aliphatic rings. The van der Waals surface area contributed by atoms with Crippen LogP contribution in [0.5, 0.6) is 11.5 Å². The predicted octanol–water partition coefficient (Wildman–Crippen LogP) is 2.22. The number of nitrogens with one attached hydrogen (secondary N) is 2.